The molecule has 2 aromatic rings. The molecule has 7 heteroatoms. The van der Waals surface area contributed by atoms with Crippen LogP contribution in [0.1, 0.15) is 18.4 Å². The van der Waals surface area contributed by atoms with Gasteiger partial charge in [0.25, 0.3) is 0 Å². The summed E-state index contributed by atoms with van der Waals surface area (Å²) in [6.07, 6.45) is -0.514. The maximum absolute atomic E-state index is 13.2. The van der Waals surface area contributed by atoms with E-state index in [1.54, 1.807) is 26.4 Å². The van der Waals surface area contributed by atoms with E-state index in [9.17, 15) is 4.39 Å². The Kier molecular flexibility index (Phi) is 3.74. The number of rotatable bonds is 4. The van der Waals surface area contributed by atoms with Gasteiger partial charge in [-0.25, -0.2) is 4.39 Å². The average molecular weight is 293 g/mol. The van der Waals surface area contributed by atoms with Crippen LogP contribution in [0.25, 0.3) is 11.4 Å². The minimum atomic E-state index is -0.869. The number of alkyl halides is 1. The summed E-state index contributed by atoms with van der Waals surface area (Å²) in [5, 5.41) is 6.95. The normalized spacial score (nSPS) is 21.5. The maximum Gasteiger partial charge on any atom is 0.244 e. The fraction of sp³-hybridized carbons (Fsp3) is 0.429. The Morgan fingerprint density at radius 2 is 2.10 bits per heavy atom. The topological polar surface area (TPSA) is 69.4 Å². The van der Waals surface area contributed by atoms with E-state index in [-0.39, 0.29) is 6.04 Å². The van der Waals surface area contributed by atoms with Crippen LogP contribution in [0.5, 0.6) is 11.5 Å². The van der Waals surface area contributed by atoms with Crippen molar-refractivity contribution in [3.05, 3.63) is 24.1 Å². The first-order valence-corrected chi connectivity index (χ1v) is 6.64. The second kappa shape index (κ2) is 5.69. The van der Waals surface area contributed by atoms with Crippen molar-refractivity contribution in [3.63, 3.8) is 0 Å². The Hall–Kier alpha value is -2.15. The minimum Gasteiger partial charge on any atom is -0.493 e. The second-order valence-corrected chi connectivity index (χ2v) is 4.82. The number of halogens is 1. The number of ether oxygens (including phenoxy) is 2. The highest BCUT2D eigenvalue weighted by atomic mass is 19.1. The summed E-state index contributed by atoms with van der Waals surface area (Å²) in [5.74, 6) is 2.06. The lowest BCUT2D eigenvalue weighted by Gasteiger charge is -2.07. The van der Waals surface area contributed by atoms with E-state index in [0.717, 1.165) is 5.56 Å². The fourth-order valence-corrected chi connectivity index (χ4v) is 2.35. The highest BCUT2D eigenvalue weighted by Crippen LogP contribution is 2.32. The monoisotopic (exact) mass is 293 g/mol. The van der Waals surface area contributed by atoms with Crippen molar-refractivity contribution in [2.75, 3.05) is 20.8 Å². The van der Waals surface area contributed by atoms with E-state index in [0.29, 0.717) is 36.2 Å². The lowest BCUT2D eigenvalue weighted by atomic mass is 10.2. The number of methoxy groups -OCH3 is 2. The Balaban J connectivity index is 1.86. The van der Waals surface area contributed by atoms with Crippen LogP contribution in [0, 0.1) is 0 Å². The van der Waals surface area contributed by atoms with Gasteiger partial charge in [-0.1, -0.05) is 5.16 Å². The highest BCUT2D eigenvalue weighted by molar-refractivity contribution is 5.60. The molecule has 0 radical (unpaired) electrons. The quantitative estimate of drug-likeness (QED) is 0.931. The molecule has 1 saturated heterocycles. The van der Waals surface area contributed by atoms with Gasteiger partial charge in [0.15, 0.2) is 11.5 Å². The molecule has 1 aromatic heterocycles. The summed E-state index contributed by atoms with van der Waals surface area (Å²) in [5.41, 5.74) is 0.748. The van der Waals surface area contributed by atoms with Crippen LogP contribution in [-0.4, -0.2) is 37.1 Å². The predicted molar refractivity (Wildman–Crippen MR) is 73.1 cm³/mol. The molecule has 1 fully saturated rings. The largest absolute Gasteiger partial charge is 0.493 e. The number of aromatic nitrogens is 2. The molecule has 0 bridgehead atoms. The van der Waals surface area contributed by atoms with E-state index in [1.807, 2.05) is 6.07 Å². The van der Waals surface area contributed by atoms with Gasteiger partial charge in [0.2, 0.25) is 11.7 Å². The molecule has 6 nitrogen and oxygen atoms in total. The van der Waals surface area contributed by atoms with Gasteiger partial charge in [-0.3, -0.25) is 0 Å². The van der Waals surface area contributed by atoms with Gasteiger partial charge in [0.1, 0.15) is 6.17 Å². The molecule has 2 heterocycles. The standard InChI is InChI=1S/C14H16FN3O3/c1-19-11-4-3-8(5-12(11)20-2)13-17-14(21-18-13)10-6-9(15)7-16-10/h3-5,9-10,16H,6-7H2,1-2H3/t9-,10+/m0/s1. The Bertz CT molecular complexity index is 632. The van der Waals surface area contributed by atoms with E-state index >= 15 is 0 Å². The molecule has 1 aliphatic heterocycles. The van der Waals surface area contributed by atoms with Gasteiger partial charge < -0.3 is 19.3 Å². The Morgan fingerprint density at radius 3 is 2.76 bits per heavy atom. The molecule has 0 unspecified atom stereocenters. The van der Waals surface area contributed by atoms with E-state index < -0.39 is 6.17 Å². The first-order chi connectivity index (χ1) is 10.2. The zero-order valence-corrected chi connectivity index (χ0v) is 11.8. The van der Waals surface area contributed by atoms with Crippen LogP contribution < -0.4 is 14.8 Å². The van der Waals surface area contributed by atoms with Crippen molar-refractivity contribution in [3.8, 4) is 22.9 Å². The van der Waals surface area contributed by atoms with Crippen molar-refractivity contribution < 1.29 is 18.4 Å². The zero-order chi connectivity index (χ0) is 14.8. The molecule has 112 valence electrons. The average Bonchev–Trinajstić information content (AvgIpc) is 3.15. The Morgan fingerprint density at radius 1 is 1.29 bits per heavy atom. The van der Waals surface area contributed by atoms with Gasteiger partial charge in [-0.2, -0.15) is 4.98 Å². The number of hydrogen-bond donors (Lipinski definition) is 1. The summed E-state index contributed by atoms with van der Waals surface area (Å²) in [7, 11) is 3.14. The van der Waals surface area contributed by atoms with Crippen molar-refractivity contribution in [1.29, 1.82) is 0 Å². The molecule has 1 aliphatic rings. The van der Waals surface area contributed by atoms with Crippen LogP contribution in [0.4, 0.5) is 4.39 Å². The second-order valence-electron chi connectivity index (χ2n) is 4.82. The molecule has 0 saturated carbocycles. The molecule has 0 aliphatic carbocycles. The SMILES string of the molecule is COc1ccc(-c2noc([C@H]3C[C@H](F)CN3)n2)cc1OC. The van der Waals surface area contributed by atoms with Crippen molar-refractivity contribution >= 4 is 0 Å². The van der Waals surface area contributed by atoms with Crippen molar-refractivity contribution in [1.82, 2.24) is 15.5 Å². The van der Waals surface area contributed by atoms with Crippen LogP contribution in [0.3, 0.4) is 0 Å². The van der Waals surface area contributed by atoms with Crippen LogP contribution in [-0.2, 0) is 0 Å². The summed E-state index contributed by atoms with van der Waals surface area (Å²) >= 11 is 0. The summed E-state index contributed by atoms with van der Waals surface area (Å²) in [4.78, 5) is 4.32. The van der Waals surface area contributed by atoms with Gasteiger partial charge in [0, 0.05) is 18.5 Å². The van der Waals surface area contributed by atoms with Crippen LogP contribution in [0.15, 0.2) is 22.7 Å². The Labute approximate surface area is 121 Å². The predicted octanol–water partition coefficient (Wildman–Crippen LogP) is 2.13. The van der Waals surface area contributed by atoms with E-state index in [4.69, 9.17) is 14.0 Å². The third-order valence-corrected chi connectivity index (χ3v) is 3.46. The minimum absolute atomic E-state index is 0.221. The number of nitrogens with zero attached hydrogens (tertiary/aromatic N) is 2. The van der Waals surface area contributed by atoms with Gasteiger partial charge in [0.05, 0.1) is 20.3 Å². The first-order valence-electron chi connectivity index (χ1n) is 6.64. The molecule has 3 rings (SSSR count). The van der Waals surface area contributed by atoms with Crippen LogP contribution >= 0.6 is 0 Å². The molecule has 1 aromatic carbocycles. The van der Waals surface area contributed by atoms with Crippen molar-refractivity contribution in [2.45, 2.75) is 18.6 Å². The maximum atomic E-state index is 13.2. The number of hydrogen-bond acceptors (Lipinski definition) is 6. The molecule has 1 N–H and O–H groups in total. The van der Waals surface area contributed by atoms with E-state index in [2.05, 4.69) is 15.5 Å². The molecular weight excluding hydrogens is 277 g/mol. The fourth-order valence-electron chi connectivity index (χ4n) is 2.35. The van der Waals surface area contributed by atoms with Gasteiger partial charge in [-0.15, -0.1) is 0 Å². The molecule has 0 amide bonds. The first kappa shape index (κ1) is 13.8. The lowest BCUT2D eigenvalue weighted by Crippen LogP contribution is -2.14. The third-order valence-electron chi connectivity index (χ3n) is 3.46. The third kappa shape index (κ3) is 2.69. The number of benzene rings is 1. The summed E-state index contributed by atoms with van der Waals surface area (Å²) in [6.45, 7) is 0.318. The summed E-state index contributed by atoms with van der Waals surface area (Å²) < 4.78 is 28.8. The molecule has 2 atom stereocenters. The van der Waals surface area contributed by atoms with Crippen molar-refractivity contribution in [2.24, 2.45) is 0 Å². The lowest BCUT2D eigenvalue weighted by molar-refractivity contribution is 0.324. The highest BCUT2D eigenvalue weighted by Gasteiger charge is 2.29. The molecular formula is C14H16FN3O3. The molecule has 0 spiro atoms. The zero-order valence-electron chi connectivity index (χ0n) is 11.8. The molecule has 21 heavy (non-hydrogen) atoms. The van der Waals surface area contributed by atoms with E-state index in [1.165, 1.54) is 0 Å². The van der Waals surface area contributed by atoms with Gasteiger partial charge in [-0.05, 0) is 18.2 Å². The van der Waals surface area contributed by atoms with Gasteiger partial charge >= 0.3 is 0 Å². The van der Waals surface area contributed by atoms with Crippen LogP contribution in [0.2, 0.25) is 0 Å². The number of nitrogens with one attached hydrogen (secondary N) is 1. The summed E-state index contributed by atoms with van der Waals surface area (Å²) in [6, 6.07) is 5.14. The smallest absolute Gasteiger partial charge is 0.244 e.